The minimum absolute atomic E-state index is 0.140. The average molecular weight is 424 g/mol. The second-order valence-electron chi connectivity index (χ2n) is 6.42. The zero-order valence-electron chi connectivity index (χ0n) is 16.7. The van der Waals surface area contributed by atoms with E-state index in [4.69, 9.17) is 18.3 Å². The van der Waals surface area contributed by atoms with Crippen molar-refractivity contribution in [2.24, 2.45) is 0 Å². The third kappa shape index (κ3) is 4.62. The van der Waals surface area contributed by atoms with Crippen LogP contribution in [0.1, 0.15) is 29.5 Å². The van der Waals surface area contributed by atoms with Gasteiger partial charge in [0.15, 0.2) is 0 Å². The predicted molar refractivity (Wildman–Crippen MR) is 111 cm³/mol. The van der Waals surface area contributed by atoms with E-state index in [0.717, 1.165) is 22.6 Å². The van der Waals surface area contributed by atoms with Crippen molar-refractivity contribution >= 4 is 11.8 Å². The average Bonchev–Trinajstić information content (AvgIpc) is 3.44. The first-order valence-electron chi connectivity index (χ1n) is 9.24. The first-order valence-corrected chi connectivity index (χ1v) is 10.1. The molecule has 2 heterocycles. The van der Waals surface area contributed by atoms with Gasteiger partial charge in [0.25, 0.3) is 5.22 Å². The monoisotopic (exact) mass is 424 g/mol. The van der Waals surface area contributed by atoms with Crippen molar-refractivity contribution in [2.45, 2.75) is 23.8 Å². The lowest BCUT2D eigenvalue weighted by molar-refractivity contribution is 0.413. The Hall–Kier alpha value is -3.33. The summed E-state index contributed by atoms with van der Waals surface area (Å²) in [5, 5.41) is 16.8. The Labute approximate surface area is 177 Å². The lowest BCUT2D eigenvalue weighted by atomic mass is 10.1. The Morgan fingerprint density at radius 1 is 0.833 bits per heavy atom. The highest BCUT2D eigenvalue weighted by Crippen LogP contribution is 2.34. The van der Waals surface area contributed by atoms with Crippen LogP contribution in [0.25, 0.3) is 11.5 Å². The molecule has 9 heteroatoms. The summed E-state index contributed by atoms with van der Waals surface area (Å²) in [6, 6.07) is 15.2. The number of hydrogen-bond acceptors (Lipinski definition) is 9. The summed E-state index contributed by atoms with van der Waals surface area (Å²) in [5.74, 6) is 3.05. The number of thioether (sulfide) groups is 1. The van der Waals surface area contributed by atoms with Crippen LogP contribution in [0.15, 0.2) is 62.6 Å². The van der Waals surface area contributed by atoms with Gasteiger partial charge < -0.3 is 18.3 Å². The van der Waals surface area contributed by atoms with Crippen LogP contribution in [0.2, 0.25) is 0 Å². The van der Waals surface area contributed by atoms with E-state index in [1.165, 1.54) is 11.8 Å². The summed E-state index contributed by atoms with van der Waals surface area (Å²) in [6.45, 7) is 1.95. The van der Waals surface area contributed by atoms with E-state index in [9.17, 15) is 0 Å². The number of hydrogen-bond donors (Lipinski definition) is 0. The quantitative estimate of drug-likeness (QED) is 0.376. The maximum Gasteiger partial charge on any atom is 0.277 e. The van der Waals surface area contributed by atoms with E-state index >= 15 is 0 Å². The van der Waals surface area contributed by atoms with Gasteiger partial charge in [-0.15, -0.1) is 20.4 Å². The minimum atomic E-state index is -0.140. The first kappa shape index (κ1) is 20.0. The maximum atomic E-state index is 5.82. The van der Waals surface area contributed by atoms with Crippen molar-refractivity contribution in [1.82, 2.24) is 20.4 Å². The molecule has 0 aliphatic rings. The zero-order chi connectivity index (χ0) is 20.9. The molecule has 0 fully saturated rings. The van der Waals surface area contributed by atoms with Crippen LogP contribution in [-0.4, -0.2) is 34.6 Å². The Balaban J connectivity index is 1.39. The van der Waals surface area contributed by atoms with Crippen molar-refractivity contribution < 1.29 is 18.3 Å². The number of methoxy groups -OCH3 is 2. The number of benzene rings is 2. The second kappa shape index (κ2) is 9.00. The molecule has 2 aromatic heterocycles. The van der Waals surface area contributed by atoms with Gasteiger partial charge in [-0.1, -0.05) is 23.9 Å². The smallest absolute Gasteiger partial charge is 0.277 e. The third-order valence-electron chi connectivity index (χ3n) is 4.37. The normalized spacial score (nSPS) is 12.0. The van der Waals surface area contributed by atoms with Crippen LogP contribution in [0.5, 0.6) is 11.5 Å². The third-order valence-corrected chi connectivity index (χ3v) is 5.29. The van der Waals surface area contributed by atoms with E-state index < -0.39 is 0 Å². The highest BCUT2D eigenvalue weighted by Gasteiger charge is 2.19. The summed E-state index contributed by atoms with van der Waals surface area (Å²) < 4.78 is 21.9. The molecule has 0 N–H and O–H groups in total. The topological polar surface area (TPSA) is 96.3 Å². The van der Waals surface area contributed by atoms with Crippen LogP contribution in [0.4, 0.5) is 0 Å². The van der Waals surface area contributed by atoms with E-state index in [-0.39, 0.29) is 5.25 Å². The SMILES string of the molecule is COc1ccc(Cc2nnc(S[C@H](C)c3nnc(-c4ccc(OC)cc4)o3)o2)cc1. The minimum Gasteiger partial charge on any atom is -0.497 e. The molecule has 8 nitrogen and oxygen atoms in total. The standard InChI is InChI=1S/C21H20N4O4S/c1-13(19-23-24-20(29-19)15-6-10-17(27-3)11-7-15)30-21-25-22-18(28-21)12-14-4-8-16(26-2)9-5-14/h4-11,13H,12H2,1-3H3/t13-/m1/s1. The van der Waals surface area contributed by atoms with Crippen LogP contribution >= 0.6 is 11.8 Å². The molecule has 0 bridgehead atoms. The van der Waals surface area contributed by atoms with Gasteiger partial charge in [0.2, 0.25) is 17.7 Å². The number of ether oxygens (including phenoxy) is 2. The molecular weight excluding hydrogens is 404 g/mol. The molecule has 0 radical (unpaired) electrons. The van der Waals surface area contributed by atoms with Crippen molar-refractivity contribution in [3.05, 3.63) is 65.9 Å². The fourth-order valence-electron chi connectivity index (χ4n) is 2.73. The van der Waals surface area contributed by atoms with Gasteiger partial charge in [-0.2, -0.15) is 0 Å². The van der Waals surface area contributed by atoms with Crippen LogP contribution < -0.4 is 9.47 Å². The molecular formula is C21H20N4O4S. The Kier molecular flexibility index (Phi) is 5.99. The van der Waals surface area contributed by atoms with Gasteiger partial charge in [-0.25, -0.2) is 0 Å². The molecule has 4 rings (SSSR count). The van der Waals surface area contributed by atoms with Gasteiger partial charge in [0.05, 0.1) is 25.9 Å². The van der Waals surface area contributed by atoms with Crippen molar-refractivity contribution in [3.8, 4) is 23.0 Å². The zero-order valence-corrected chi connectivity index (χ0v) is 17.5. The van der Waals surface area contributed by atoms with Gasteiger partial charge in [0.1, 0.15) is 11.5 Å². The van der Waals surface area contributed by atoms with Crippen molar-refractivity contribution in [2.75, 3.05) is 14.2 Å². The summed E-state index contributed by atoms with van der Waals surface area (Å²) in [7, 11) is 3.26. The predicted octanol–water partition coefficient (Wildman–Crippen LogP) is 4.58. The van der Waals surface area contributed by atoms with Gasteiger partial charge in [0, 0.05) is 5.56 Å². The number of rotatable bonds is 8. The molecule has 0 saturated heterocycles. The van der Waals surface area contributed by atoms with Gasteiger partial charge in [-0.05, 0) is 48.9 Å². The summed E-state index contributed by atoms with van der Waals surface area (Å²) in [6.07, 6.45) is 0.550. The lowest BCUT2D eigenvalue weighted by Crippen LogP contribution is -1.89. The van der Waals surface area contributed by atoms with Crippen molar-refractivity contribution in [1.29, 1.82) is 0 Å². The molecule has 0 unspecified atom stereocenters. The summed E-state index contributed by atoms with van der Waals surface area (Å²) in [4.78, 5) is 0. The van der Waals surface area contributed by atoms with Crippen LogP contribution in [0, 0.1) is 0 Å². The molecule has 0 saturated carbocycles. The highest BCUT2D eigenvalue weighted by molar-refractivity contribution is 7.99. The lowest BCUT2D eigenvalue weighted by Gasteiger charge is -2.02. The molecule has 0 aliphatic heterocycles. The van der Waals surface area contributed by atoms with E-state index in [2.05, 4.69) is 20.4 Å². The van der Waals surface area contributed by atoms with Crippen LogP contribution in [-0.2, 0) is 6.42 Å². The van der Waals surface area contributed by atoms with E-state index in [0.29, 0.717) is 29.3 Å². The van der Waals surface area contributed by atoms with E-state index in [1.54, 1.807) is 14.2 Å². The molecule has 0 spiro atoms. The first-order chi connectivity index (χ1) is 14.6. The second-order valence-corrected chi connectivity index (χ2v) is 7.71. The molecule has 1 atom stereocenters. The van der Waals surface area contributed by atoms with Crippen LogP contribution in [0.3, 0.4) is 0 Å². The van der Waals surface area contributed by atoms with Crippen molar-refractivity contribution in [3.63, 3.8) is 0 Å². The Morgan fingerprint density at radius 2 is 1.50 bits per heavy atom. The molecule has 30 heavy (non-hydrogen) atoms. The molecule has 2 aromatic carbocycles. The Bertz CT molecular complexity index is 1090. The largest absolute Gasteiger partial charge is 0.497 e. The van der Waals surface area contributed by atoms with Gasteiger partial charge in [-0.3, -0.25) is 0 Å². The fourth-order valence-corrected chi connectivity index (χ4v) is 3.46. The highest BCUT2D eigenvalue weighted by atomic mass is 32.2. The molecule has 0 aliphatic carbocycles. The number of nitrogens with zero attached hydrogens (tertiary/aromatic N) is 4. The summed E-state index contributed by atoms with van der Waals surface area (Å²) in [5.41, 5.74) is 1.89. The molecule has 0 amide bonds. The molecule has 154 valence electrons. The van der Waals surface area contributed by atoms with E-state index in [1.807, 2.05) is 55.5 Å². The fraction of sp³-hybridized carbons (Fsp3) is 0.238. The summed E-state index contributed by atoms with van der Waals surface area (Å²) >= 11 is 1.37. The molecule has 4 aromatic rings. The Morgan fingerprint density at radius 3 is 2.17 bits per heavy atom. The van der Waals surface area contributed by atoms with Gasteiger partial charge >= 0.3 is 0 Å². The number of aromatic nitrogens is 4. The maximum absolute atomic E-state index is 5.82.